The fourth-order valence-electron chi connectivity index (χ4n) is 3.61. The molecule has 0 radical (unpaired) electrons. The van der Waals surface area contributed by atoms with Gasteiger partial charge in [0, 0.05) is 16.6 Å². The maximum atomic E-state index is 13.2. The summed E-state index contributed by atoms with van der Waals surface area (Å²) in [5.74, 6) is -0.716. The van der Waals surface area contributed by atoms with Crippen molar-refractivity contribution < 1.29 is 9.18 Å². The van der Waals surface area contributed by atoms with Crippen molar-refractivity contribution in [2.75, 3.05) is 11.1 Å². The van der Waals surface area contributed by atoms with Gasteiger partial charge in [0.1, 0.15) is 15.5 Å². The lowest BCUT2D eigenvalue weighted by Crippen LogP contribution is -2.11. The lowest BCUT2D eigenvalue weighted by Gasteiger charge is -2.09. The lowest BCUT2D eigenvalue weighted by molar-refractivity contribution is 0.103. The molecule has 0 spiro atoms. The average Bonchev–Trinajstić information content (AvgIpc) is 3.17. The van der Waals surface area contributed by atoms with Gasteiger partial charge in [0.15, 0.2) is 0 Å². The van der Waals surface area contributed by atoms with Crippen molar-refractivity contribution in [3.05, 3.63) is 102 Å². The molecular formula is C26H18FN3OS. The number of benzene rings is 3. The van der Waals surface area contributed by atoms with E-state index in [4.69, 9.17) is 10.7 Å². The summed E-state index contributed by atoms with van der Waals surface area (Å²) < 4.78 is 13.2. The molecule has 32 heavy (non-hydrogen) atoms. The van der Waals surface area contributed by atoms with Gasteiger partial charge >= 0.3 is 0 Å². The van der Waals surface area contributed by atoms with Crippen LogP contribution in [-0.2, 0) is 0 Å². The number of fused-ring (bicyclic) bond motifs is 1. The highest BCUT2D eigenvalue weighted by Gasteiger charge is 2.21. The van der Waals surface area contributed by atoms with Gasteiger partial charge in [-0.05, 0) is 41.5 Å². The summed E-state index contributed by atoms with van der Waals surface area (Å²) >= 11 is 1.25. The third-order valence-corrected chi connectivity index (χ3v) is 6.26. The van der Waals surface area contributed by atoms with E-state index in [1.807, 2.05) is 66.7 Å². The topological polar surface area (TPSA) is 68.0 Å². The molecule has 5 rings (SSSR count). The molecule has 3 N–H and O–H groups in total. The smallest absolute Gasteiger partial charge is 0.267 e. The number of pyridine rings is 1. The monoisotopic (exact) mass is 439 g/mol. The SMILES string of the molecule is Nc1c(C(=O)Nc2ccc(F)cc2)sc2nc(-c3ccccc3)cc(-c3ccccc3)c12. The molecule has 0 saturated heterocycles. The van der Waals surface area contributed by atoms with Crippen LogP contribution in [0.3, 0.4) is 0 Å². The van der Waals surface area contributed by atoms with Crippen molar-refractivity contribution in [2.45, 2.75) is 0 Å². The van der Waals surface area contributed by atoms with E-state index in [-0.39, 0.29) is 11.7 Å². The number of nitrogen functional groups attached to an aromatic ring is 1. The first-order valence-electron chi connectivity index (χ1n) is 10.0. The predicted octanol–water partition coefficient (Wildman–Crippen LogP) is 6.60. The summed E-state index contributed by atoms with van der Waals surface area (Å²) in [4.78, 5) is 18.9. The first kappa shape index (κ1) is 19.9. The molecule has 3 aromatic carbocycles. The van der Waals surface area contributed by atoms with Crippen LogP contribution < -0.4 is 11.1 Å². The second kappa shape index (κ2) is 8.24. The Morgan fingerprint density at radius 2 is 1.50 bits per heavy atom. The Labute approximate surface area is 188 Å². The first-order chi connectivity index (χ1) is 15.6. The third-order valence-electron chi connectivity index (χ3n) is 5.16. The quantitative estimate of drug-likeness (QED) is 0.331. The Balaban J connectivity index is 1.66. The number of aromatic nitrogens is 1. The van der Waals surface area contributed by atoms with E-state index in [0.717, 1.165) is 27.8 Å². The Morgan fingerprint density at radius 1 is 0.875 bits per heavy atom. The van der Waals surface area contributed by atoms with Crippen molar-refractivity contribution in [1.82, 2.24) is 4.98 Å². The van der Waals surface area contributed by atoms with Gasteiger partial charge < -0.3 is 11.1 Å². The van der Waals surface area contributed by atoms with Gasteiger partial charge in [-0.25, -0.2) is 9.37 Å². The number of nitrogens with one attached hydrogen (secondary N) is 1. The molecular weight excluding hydrogens is 421 g/mol. The van der Waals surface area contributed by atoms with E-state index in [2.05, 4.69) is 5.32 Å². The van der Waals surface area contributed by atoms with Gasteiger partial charge in [0.2, 0.25) is 0 Å². The summed E-state index contributed by atoms with van der Waals surface area (Å²) in [6, 6.07) is 27.4. The summed E-state index contributed by atoms with van der Waals surface area (Å²) in [5.41, 5.74) is 11.1. The van der Waals surface area contributed by atoms with Crippen molar-refractivity contribution in [2.24, 2.45) is 0 Å². The fourth-order valence-corrected chi connectivity index (χ4v) is 4.63. The summed E-state index contributed by atoms with van der Waals surface area (Å²) in [5, 5.41) is 3.54. The number of nitrogens with two attached hydrogens (primary N) is 1. The minimum absolute atomic E-state index is 0.350. The van der Waals surface area contributed by atoms with Crippen LogP contribution in [0.2, 0.25) is 0 Å². The summed E-state index contributed by atoms with van der Waals surface area (Å²) in [6.45, 7) is 0. The van der Waals surface area contributed by atoms with Crippen LogP contribution in [0.5, 0.6) is 0 Å². The van der Waals surface area contributed by atoms with Crippen molar-refractivity contribution in [3.63, 3.8) is 0 Å². The zero-order chi connectivity index (χ0) is 22.1. The summed E-state index contributed by atoms with van der Waals surface area (Å²) in [7, 11) is 0. The number of hydrogen-bond acceptors (Lipinski definition) is 4. The largest absolute Gasteiger partial charge is 0.397 e. The Kier molecular flexibility index (Phi) is 5.13. The van der Waals surface area contributed by atoms with Crippen molar-refractivity contribution in [3.8, 4) is 22.4 Å². The van der Waals surface area contributed by atoms with Crippen LogP contribution in [-0.4, -0.2) is 10.9 Å². The highest BCUT2D eigenvalue weighted by molar-refractivity contribution is 7.21. The van der Waals surface area contributed by atoms with Crippen LogP contribution in [0.4, 0.5) is 15.8 Å². The lowest BCUT2D eigenvalue weighted by atomic mass is 9.99. The van der Waals surface area contributed by atoms with E-state index < -0.39 is 0 Å². The second-order valence-electron chi connectivity index (χ2n) is 7.27. The van der Waals surface area contributed by atoms with Crippen LogP contribution in [0.25, 0.3) is 32.6 Å². The minimum Gasteiger partial charge on any atom is -0.397 e. The Hall–Kier alpha value is -4.03. The predicted molar refractivity (Wildman–Crippen MR) is 129 cm³/mol. The van der Waals surface area contributed by atoms with Crippen molar-refractivity contribution in [1.29, 1.82) is 0 Å². The molecule has 0 unspecified atom stereocenters. The van der Waals surface area contributed by atoms with Gasteiger partial charge in [-0.3, -0.25) is 4.79 Å². The van der Waals surface area contributed by atoms with Gasteiger partial charge in [-0.1, -0.05) is 60.7 Å². The molecule has 5 aromatic rings. The number of halogens is 1. The number of nitrogens with zero attached hydrogens (tertiary/aromatic N) is 1. The zero-order valence-corrected chi connectivity index (χ0v) is 17.7. The maximum Gasteiger partial charge on any atom is 0.267 e. The van der Waals surface area contributed by atoms with E-state index in [9.17, 15) is 9.18 Å². The number of carbonyl (C=O) groups excluding carboxylic acids is 1. The molecule has 6 heteroatoms. The molecule has 0 aliphatic carbocycles. The highest BCUT2D eigenvalue weighted by Crippen LogP contribution is 2.41. The third kappa shape index (κ3) is 3.72. The standard InChI is InChI=1S/C26H18FN3OS/c27-18-11-13-19(14-12-18)29-25(31)24-23(28)22-20(16-7-3-1-4-8-16)15-21(30-26(22)32-24)17-9-5-2-6-10-17/h1-15H,28H2,(H,29,31). The van der Waals surface area contributed by atoms with Crippen molar-refractivity contribution >= 4 is 38.8 Å². The first-order valence-corrected chi connectivity index (χ1v) is 10.8. The molecule has 0 atom stereocenters. The van der Waals surface area contributed by atoms with Gasteiger partial charge in [0.05, 0.1) is 11.4 Å². The average molecular weight is 440 g/mol. The maximum absolute atomic E-state index is 13.2. The molecule has 2 heterocycles. The van der Waals surface area contributed by atoms with E-state index >= 15 is 0 Å². The molecule has 0 saturated carbocycles. The van der Waals surface area contributed by atoms with E-state index in [1.165, 1.54) is 35.6 Å². The number of amides is 1. The molecule has 1 amide bonds. The molecule has 2 aromatic heterocycles. The van der Waals surface area contributed by atoms with Gasteiger partial charge in [-0.2, -0.15) is 0 Å². The molecule has 0 fully saturated rings. The Morgan fingerprint density at radius 3 is 2.16 bits per heavy atom. The second-order valence-corrected chi connectivity index (χ2v) is 8.27. The molecule has 0 aliphatic heterocycles. The number of rotatable bonds is 4. The number of hydrogen-bond donors (Lipinski definition) is 2. The molecule has 0 bridgehead atoms. The Bertz CT molecular complexity index is 1410. The minimum atomic E-state index is -0.366. The highest BCUT2D eigenvalue weighted by atomic mass is 32.1. The van der Waals surface area contributed by atoms with Gasteiger partial charge in [-0.15, -0.1) is 11.3 Å². The molecule has 0 aliphatic rings. The number of thiophene rings is 1. The van der Waals surface area contributed by atoms with Crippen LogP contribution in [0.1, 0.15) is 9.67 Å². The normalized spacial score (nSPS) is 10.9. The summed E-state index contributed by atoms with van der Waals surface area (Å²) in [6.07, 6.45) is 0. The van der Waals surface area contributed by atoms with Crippen LogP contribution >= 0.6 is 11.3 Å². The van der Waals surface area contributed by atoms with Gasteiger partial charge in [0.25, 0.3) is 5.91 Å². The fraction of sp³-hybridized carbons (Fsp3) is 0. The molecule has 156 valence electrons. The zero-order valence-electron chi connectivity index (χ0n) is 16.9. The van der Waals surface area contributed by atoms with E-state index in [1.54, 1.807) is 0 Å². The van der Waals surface area contributed by atoms with Crippen LogP contribution in [0, 0.1) is 5.82 Å². The van der Waals surface area contributed by atoms with Crippen LogP contribution in [0.15, 0.2) is 91.0 Å². The number of anilines is 2. The molecule has 4 nitrogen and oxygen atoms in total. The number of carbonyl (C=O) groups is 1. The van der Waals surface area contributed by atoms with E-state index in [0.29, 0.717) is 21.1 Å².